The average Bonchev–Trinajstić information content (AvgIpc) is 3.35. The number of nitrogens with zero attached hydrogens (tertiary/aromatic N) is 1. The van der Waals surface area contributed by atoms with Crippen molar-refractivity contribution in [2.24, 2.45) is 0 Å². The summed E-state index contributed by atoms with van der Waals surface area (Å²) in [7, 11) is 0. The van der Waals surface area contributed by atoms with Gasteiger partial charge in [-0.2, -0.15) is 0 Å². The van der Waals surface area contributed by atoms with Gasteiger partial charge in [-0.05, 0) is 56.2 Å². The Hall–Kier alpha value is -3.15. The number of ether oxygens (including phenoxy) is 1. The zero-order valence-electron chi connectivity index (χ0n) is 14.9. The summed E-state index contributed by atoms with van der Waals surface area (Å²) in [6, 6.07) is 15.2. The van der Waals surface area contributed by atoms with Crippen LogP contribution in [0.5, 0.6) is 5.75 Å². The number of benzene rings is 2. The third-order valence-electron chi connectivity index (χ3n) is 4.75. The van der Waals surface area contributed by atoms with E-state index in [0.29, 0.717) is 42.2 Å². The number of aromatic nitrogens is 1. The van der Waals surface area contributed by atoms with Gasteiger partial charge in [0.25, 0.3) is 0 Å². The Morgan fingerprint density at radius 2 is 1.96 bits per heavy atom. The first-order valence-electron chi connectivity index (χ1n) is 8.89. The van der Waals surface area contributed by atoms with Gasteiger partial charge in [-0.15, -0.1) is 0 Å². The lowest BCUT2D eigenvalue weighted by atomic mass is 10.00. The molecule has 1 aromatic heterocycles. The molecule has 1 saturated carbocycles. The molecule has 5 nitrogen and oxygen atoms in total. The minimum Gasteiger partial charge on any atom is -0.494 e. The summed E-state index contributed by atoms with van der Waals surface area (Å²) >= 11 is 0. The van der Waals surface area contributed by atoms with Crippen LogP contribution in [0, 0.1) is 5.82 Å². The minimum atomic E-state index is -0.717. The van der Waals surface area contributed by atoms with Crippen molar-refractivity contribution >= 4 is 11.6 Å². The molecule has 0 unspecified atom stereocenters. The van der Waals surface area contributed by atoms with Crippen molar-refractivity contribution in [3.05, 3.63) is 66.1 Å². The minimum absolute atomic E-state index is 0.139. The van der Waals surface area contributed by atoms with Gasteiger partial charge in [-0.3, -0.25) is 4.79 Å². The van der Waals surface area contributed by atoms with E-state index in [1.54, 1.807) is 36.4 Å². The van der Waals surface area contributed by atoms with Crippen molar-refractivity contribution in [2.45, 2.75) is 25.2 Å². The number of hydrogen-bond donors (Lipinski definition) is 1. The Kier molecular flexibility index (Phi) is 4.39. The van der Waals surface area contributed by atoms with Crippen molar-refractivity contribution in [1.82, 2.24) is 5.16 Å². The Bertz CT molecular complexity index is 962. The number of nitrogens with one attached hydrogen (secondary N) is 1. The van der Waals surface area contributed by atoms with Crippen LogP contribution < -0.4 is 10.1 Å². The zero-order chi connectivity index (χ0) is 18.9. The van der Waals surface area contributed by atoms with Gasteiger partial charge in [0.1, 0.15) is 11.6 Å². The van der Waals surface area contributed by atoms with Crippen molar-refractivity contribution in [1.29, 1.82) is 0 Å². The Morgan fingerprint density at radius 1 is 1.22 bits per heavy atom. The molecule has 0 bridgehead atoms. The molecule has 0 aliphatic heterocycles. The maximum absolute atomic E-state index is 14.0. The van der Waals surface area contributed by atoms with Crippen LogP contribution in [0.25, 0.3) is 11.3 Å². The Morgan fingerprint density at radius 3 is 2.63 bits per heavy atom. The van der Waals surface area contributed by atoms with Gasteiger partial charge in [0.05, 0.1) is 23.3 Å². The molecule has 0 spiro atoms. The van der Waals surface area contributed by atoms with E-state index in [1.807, 2.05) is 19.1 Å². The molecule has 1 heterocycles. The summed E-state index contributed by atoms with van der Waals surface area (Å²) < 4.78 is 24.7. The van der Waals surface area contributed by atoms with Crippen molar-refractivity contribution in [3.8, 4) is 17.1 Å². The number of anilines is 1. The predicted octanol–water partition coefficient (Wildman–Crippen LogP) is 4.55. The Balaban J connectivity index is 1.52. The largest absolute Gasteiger partial charge is 0.494 e. The maximum Gasteiger partial charge on any atom is 0.236 e. The lowest BCUT2D eigenvalue weighted by molar-refractivity contribution is -0.118. The van der Waals surface area contributed by atoms with Gasteiger partial charge < -0.3 is 14.6 Å². The normalized spacial score (nSPS) is 14.6. The summed E-state index contributed by atoms with van der Waals surface area (Å²) in [4.78, 5) is 12.8. The average molecular weight is 366 g/mol. The molecule has 1 aliphatic carbocycles. The molecule has 4 rings (SSSR count). The van der Waals surface area contributed by atoms with E-state index in [1.165, 1.54) is 6.07 Å². The maximum atomic E-state index is 14.0. The van der Waals surface area contributed by atoms with E-state index in [2.05, 4.69) is 10.5 Å². The van der Waals surface area contributed by atoms with Crippen LogP contribution in [0.15, 0.2) is 59.1 Å². The number of carbonyl (C=O) groups is 1. The molecule has 0 atom stereocenters. The van der Waals surface area contributed by atoms with Crippen LogP contribution in [0.1, 0.15) is 25.5 Å². The Labute approximate surface area is 156 Å². The smallest absolute Gasteiger partial charge is 0.236 e. The fourth-order valence-electron chi connectivity index (χ4n) is 3.07. The van der Waals surface area contributed by atoms with Gasteiger partial charge in [0.2, 0.25) is 5.91 Å². The number of halogens is 1. The third-order valence-corrected chi connectivity index (χ3v) is 4.75. The van der Waals surface area contributed by atoms with Crippen LogP contribution >= 0.6 is 0 Å². The summed E-state index contributed by atoms with van der Waals surface area (Å²) in [5, 5.41) is 6.97. The van der Waals surface area contributed by atoms with Crippen LogP contribution in [0.2, 0.25) is 0 Å². The van der Waals surface area contributed by atoms with Gasteiger partial charge in [-0.25, -0.2) is 4.39 Å². The van der Waals surface area contributed by atoms with E-state index >= 15 is 0 Å². The molecule has 1 aliphatic rings. The van der Waals surface area contributed by atoms with Crippen LogP contribution in [-0.4, -0.2) is 17.7 Å². The van der Waals surface area contributed by atoms with Gasteiger partial charge >= 0.3 is 0 Å². The first-order valence-corrected chi connectivity index (χ1v) is 8.89. The second kappa shape index (κ2) is 6.87. The molecule has 138 valence electrons. The highest BCUT2D eigenvalue weighted by atomic mass is 19.1. The standard InChI is InChI=1S/C21H19FN2O3/c1-2-26-15-9-7-14(8-10-15)23-20(25)21(11-12-21)19-13-18(27-24-19)16-5-3-4-6-17(16)22/h3-10,13H,2,11-12H2,1H3,(H,23,25). The first kappa shape index (κ1) is 17.3. The SMILES string of the molecule is CCOc1ccc(NC(=O)C2(c3cc(-c4ccccc4F)on3)CC2)cc1. The van der Waals surface area contributed by atoms with Crippen LogP contribution in [0.3, 0.4) is 0 Å². The topological polar surface area (TPSA) is 64.4 Å². The third kappa shape index (κ3) is 3.30. The summed E-state index contributed by atoms with van der Waals surface area (Å²) in [5.74, 6) is 0.551. The molecule has 1 fully saturated rings. The number of rotatable bonds is 6. The molecule has 2 aromatic carbocycles. The lowest BCUT2D eigenvalue weighted by Crippen LogP contribution is -2.28. The summed E-state index contributed by atoms with van der Waals surface area (Å²) in [6.07, 6.45) is 1.36. The van der Waals surface area contributed by atoms with Gasteiger partial charge in [-0.1, -0.05) is 17.3 Å². The molecule has 0 radical (unpaired) electrons. The second-order valence-corrected chi connectivity index (χ2v) is 6.55. The van der Waals surface area contributed by atoms with E-state index in [9.17, 15) is 9.18 Å². The highest BCUT2D eigenvalue weighted by Gasteiger charge is 2.53. The summed E-state index contributed by atoms with van der Waals surface area (Å²) in [6.45, 7) is 2.51. The highest BCUT2D eigenvalue weighted by Crippen LogP contribution is 2.49. The van der Waals surface area contributed by atoms with E-state index in [0.717, 1.165) is 5.75 Å². The van der Waals surface area contributed by atoms with E-state index in [-0.39, 0.29) is 11.7 Å². The number of carbonyl (C=O) groups excluding carboxylic acids is 1. The van der Waals surface area contributed by atoms with Crippen molar-refractivity contribution < 1.29 is 18.4 Å². The second-order valence-electron chi connectivity index (χ2n) is 6.55. The number of amides is 1. The molecular weight excluding hydrogens is 347 g/mol. The quantitative estimate of drug-likeness (QED) is 0.695. The monoisotopic (exact) mass is 366 g/mol. The molecule has 27 heavy (non-hydrogen) atoms. The fraction of sp³-hybridized carbons (Fsp3) is 0.238. The summed E-state index contributed by atoms with van der Waals surface area (Å²) in [5.41, 5.74) is 0.835. The first-order chi connectivity index (χ1) is 13.1. The fourth-order valence-corrected chi connectivity index (χ4v) is 3.07. The molecule has 0 saturated heterocycles. The van der Waals surface area contributed by atoms with E-state index < -0.39 is 5.41 Å². The van der Waals surface area contributed by atoms with Crippen molar-refractivity contribution in [3.63, 3.8) is 0 Å². The van der Waals surface area contributed by atoms with Gasteiger partial charge in [0.15, 0.2) is 5.76 Å². The number of hydrogen-bond acceptors (Lipinski definition) is 4. The van der Waals surface area contributed by atoms with Crippen LogP contribution in [-0.2, 0) is 10.2 Å². The highest BCUT2D eigenvalue weighted by molar-refractivity contribution is 6.01. The van der Waals surface area contributed by atoms with Crippen molar-refractivity contribution in [2.75, 3.05) is 11.9 Å². The molecule has 1 amide bonds. The van der Waals surface area contributed by atoms with E-state index in [4.69, 9.17) is 9.26 Å². The predicted molar refractivity (Wildman–Crippen MR) is 99.0 cm³/mol. The lowest BCUT2D eigenvalue weighted by Gasteiger charge is -2.13. The molecular formula is C21H19FN2O3. The molecule has 6 heteroatoms. The van der Waals surface area contributed by atoms with Crippen LogP contribution in [0.4, 0.5) is 10.1 Å². The van der Waals surface area contributed by atoms with Gasteiger partial charge in [0, 0.05) is 11.8 Å². The molecule has 1 N–H and O–H groups in total. The zero-order valence-corrected chi connectivity index (χ0v) is 14.9. The molecule has 3 aromatic rings.